The minimum absolute atomic E-state index is 0.0438. The molecule has 0 radical (unpaired) electrons. The number of nitrogens with zero attached hydrogens (tertiary/aromatic N) is 2. The van der Waals surface area contributed by atoms with Crippen molar-refractivity contribution in [3.05, 3.63) is 77.6 Å². The van der Waals surface area contributed by atoms with Crippen molar-refractivity contribution < 1.29 is 28.2 Å². The molecule has 0 saturated carbocycles. The second kappa shape index (κ2) is 8.81. The molecule has 5 rings (SSSR count). The number of anilines is 2. The molecule has 1 atom stereocenters. The molecule has 0 aliphatic carbocycles. The van der Waals surface area contributed by atoms with Crippen LogP contribution in [0.4, 0.5) is 15.8 Å². The number of halogens is 1. The van der Waals surface area contributed by atoms with Gasteiger partial charge in [0.1, 0.15) is 5.82 Å². The Labute approximate surface area is 206 Å². The highest BCUT2D eigenvalue weighted by atomic mass is 32.2. The topological polar surface area (TPSA) is 68.3 Å². The highest BCUT2D eigenvalue weighted by molar-refractivity contribution is 8.02. The zero-order valence-corrected chi connectivity index (χ0v) is 20.2. The fourth-order valence-corrected chi connectivity index (χ4v) is 6.07. The van der Waals surface area contributed by atoms with Crippen molar-refractivity contribution in [3.8, 4) is 17.2 Å². The van der Waals surface area contributed by atoms with E-state index >= 15 is 0 Å². The molecule has 0 bridgehead atoms. The summed E-state index contributed by atoms with van der Waals surface area (Å²) in [5.74, 6) is 0.269. The van der Waals surface area contributed by atoms with Gasteiger partial charge in [0.2, 0.25) is 16.5 Å². The molecular weight excluding hydrogens is 471 g/mol. The van der Waals surface area contributed by atoms with Crippen LogP contribution >= 0.6 is 11.8 Å². The zero-order valence-electron chi connectivity index (χ0n) is 19.4. The minimum atomic E-state index is -1.34. The molecule has 0 N–H and O–H groups in total. The van der Waals surface area contributed by atoms with Gasteiger partial charge in [-0.3, -0.25) is 14.5 Å². The number of methoxy groups -OCH3 is 3. The fraction of sp³-hybridized carbons (Fsp3) is 0.231. The largest absolute Gasteiger partial charge is 0.493 e. The van der Waals surface area contributed by atoms with Gasteiger partial charge in [0.25, 0.3) is 5.91 Å². The number of ether oxygens (including phenoxy) is 3. The summed E-state index contributed by atoms with van der Waals surface area (Å²) in [7, 11) is 4.48. The number of benzene rings is 3. The van der Waals surface area contributed by atoms with Crippen LogP contribution in [0.3, 0.4) is 0 Å². The molecule has 2 heterocycles. The number of rotatable bonds is 6. The Bertz CT molecular complexity index is 1310. The van der Waals surface area contributed by atoms with Gasteiger partial charge >= 0.3 is 0 Å². The Kier molecular flexibility index (Phi) is 5.80. The monoisotopic (exact) mass is 494 g/mol. The summed E-state index contributed by atoms with van der Waals surface area (Å²) < 4.78 is 30.9. The van der Waals surface area contributed by atoms with E-state index in [-0.39, 0.29) is 24.1 Å². The SMILES string of the molecule is COc1cc(N2C(=O)CS[C@@]23C(=O)N(Cc2ccccc2F)c2ccccc23)cc(OC)c1OC. The second-order valence-electron chi connectivity index (χ2n) is 8.05. The van der Waals surface area contributed by atoms with Gasteiger partial charge in [-0.15, -0.1) is 11.8 Å². The Morgan fingerprint density at radius 3 is 2.26 bits per heavy atom. The molecule has 9 heteroatoms. The number of hydrogen-bond acceptors (Lipinski definition) is 6. The first-order valence-electron chi connectivity index (χ1n) is 10.9. The maximum Gasteiger partial charge on any atom is 0.269 e. The van der Waals surface area contributed by atoms with Gasteiger partial charge in [-0.25, -0.2) is 4.39 Å². The number of amides is 2. The Morgan fingerprint density at radius 1 is 0.943 bits per heavy atom. The van der Waals surface area contributed by atoms with E-state index < -0.39 is 10.7 Å². The van der Waals surface area contributed by atoms with Gasteiger partial charge in [-0.2, -0.15) is 0 Å². The number of carbonyl (C=O) groups excluding carboxylic acids is 2. The molecule has 1 spiro atoms. The summed E-state index contributed by atoms with van der Waals surface area (Å²) in [4.78, 5) is 29.2. The summed E-state index contributed by atoms with van der Waals surface area (Å²) >= 11 is 1.25. The van der Waals surface area contributed by atoms with Crippen LogP contribution in [0.25, 0.3) is 0 Å². The van der Waals surface area contributed by atoms with Gasteiger partial charge in [0.05, 0.1) is 45.0 Å². The lowest BCUT2D eigenvalue weighted by Crippen LogP contribution is -2.49. The lowest BCUT2D eigenvalue weighted by atomic mass is 10.0. The summed E-state index contributed by atoms with van der Waals surface area (Å²) in [6, 6.07) is 17.0. The van der Waals surface area contributed by atoms with Crippen LogP contribution < -0.4 is 24.0 Å². The number of carbonyl (C=O) groups is 2. The average Bonchev–Trinajstić information content (AvgIpc) is 3.35. The maximum absolute atomic E-state index is 14.5. The van der Waals surface area contributed by atoms with E-state index in [1.807, 2.05) is 24.3 Å². The molecule has 2 aliphatic rings. The van der Waals surface area contributed by atoms with E-state index in [0.29, 0.717) is 39.8 Å². The van der Waals surface area contributed by atoms with E-state index in [9.17, 15) is 14.0 Å². The lowest BCUT2D eigenvalue weighted by Gasteiger charge is -2.33. The molecule has 2 aliphatic heterocycles. The molecule has 0 unspecified atom stereocenters. The third kappa shape index (κ3) is 3.41. The zero-order chi connectivity index (χ0) is 24.7. The van der Waals surface area contributed by atoms with E-state index in [1.54, 1.807) is 35.2 Å². The van der Waals surface area contributed by atoms with Crippen molar-refractivity contribution in [2.45, 2.75) is 11.4 Å². The highest BCUT2D eigenvalue weighted by Gasteiger charge is 2.61. The number of hydrogen-bond donors (Lipinski definition) is 0. The van der Waals surface area contributed by atoms with E-state index in [4.69, 9.17) is 14.2 Å². The lowest BCUT2D eigenvalue weighted by molar-refractivity contribution is -0.123. The van der Waals surface area contributed by atoms with Crippen LogP contribution in [0.5, 0.6) is 17.2 Å². The first kappa shape index (κ1) is 23.0. The maximum atomic E-state index is 14.5. The third-order valence-corrected chi connectivity index (χ3v) is 7.64. The number of thioether (sulfide) groups is 1. The number of para-hydroxylation sites is 1. The Balaban J connectivity index is 1.67. The van der Waals surface area contributed by atoms with E-state index in [0.717, 1.165) is 0 Å². The van der Waals surface area contributed by atoms with Gasteiger partial charge in [0, 0.05) is 23.3 Å². The molecule has 0 aromatic heterocycles. The number of fused-ring (bicyclic) bond motifs is 2. The normalized spacial score (nSPS) is 18.9. The van der Waals surface area contributed by atoms with Crippen LogP contribution in [0.1, 0.15) is 11.1 Å². The van der Waals surface area contributed by atoms with Crippen LogP contribution in [-0.4, -0.2) is 38.9 Å². The molecule has 35 heavy (non-hydrogen) atoms. The standard InChI is InChI=1S/C26H23FN2O5S/c1-32-21-12-17(13-22(33-2)24(21)34-3)29-23(30)15-35-26(29)18-9-5-7-11-20(18)28(25(26)31)14-16-8-4-6-10-19(16)27/h4-13H,14-15H2,1-3H3/t26-/m0/s1. The van der Waals surface area contributed by atoms with Crippen molar-refractivity contribution in [2.75, 3.05) is 36.9 Å². The van der Waals surface area contributed by atoms with Gasteiger partial charge in [-0.05, 0) is 12.1 Å². The van der Waals surface area contributed by atoms with Crippen molar-refractivity contribution in [1.29, 1.82) is 0 Å². The average molecular weight is 495 g/mol. The summed E-state index contributed by atoms with van der Waals surface area (Å²) in [6.45, 7) is 0.0438. The van der Waals surface area contributed by atoms with E-state index in [2.05, 4.69) is 0 Å². The van der Waals surface area contributed by atoms with Crippen LogP contribution in [0.2, 0.25) is 0 Å². The molecule has 3 aromatic carbocycles. The van der Waals surface area contributed by atoms with Crippen molar-refractivity contribution >= 4 is 35.0 Å². The Morgan fingerprint density at radius 2 is 1.60 bits per heavy atom. The third-order valence-electron chi connectivity index (χ3n) is 6.26. The van der Waals surface area contributed by atoms with Gasteiger partial charge in [-0.1, -0.05) is 36.4 Å². The molecule has 1 saturated heterocycles. The predicted molar refractivity (Wildman–Crippen MR) is 132 cm³/mol. The predicted octanol–water partition coefficient (Wildman–Crippen LogP) is 4.33. The van der Waals surface area contributed by atoms with Crippen LogP contribution in [-0.2, 0) is 21.0 Å². The summed E-state index contributed by atoms with van der Waals surface area (Å²) in [5.41, 5.74) is 2.14. The van der Waals surface area contributed by atoms with Gasteiger partial charge < -0.3 is 19.1 Å². The second-order valence-corrected chi connectivity index (χ2v) is 9.21. The van der Waals surface area contributed by atoms with Crippen LogP contribution in [0, 0.1) is 5.82 Å². The fourth-order valence-electron chi connectivity index (χ4n) is 4.71. The Hall–Kier alpha value is -3.72. The van der Waals surface area contributed by atoms with Crippen molar-refractivity contribution in [3.63, 3.8) is 0 Å². The molecule has 2 amide bonds. The van der Waals surface area contributed by atoms with E-state index in [1.165, 1.54) is 44.1 Å². The quantitative estimate of drug-likeness (QED) is 0.508. The first-order chi connectivity index (χ1) is 17.0. The smallest absolute Gasteiger partial charge is 0.269 e. The minimum Gasteiger partial charge on any atom is -0.493 e. The van der Waals surface area contributed by atoms with Crippen molar-refractivity contribution in [1.82, 2.24) is 0 Å². The van der Waals surface area contributed by atoms with Crippen LogP contribution in [0.15, 0.2) is 60.7 Å². The molecule has 1 fully saturated rings. The molecule has 180 valence electrons. The van der Waals surface area contributed by atoms with Gasteiger partial charge in [0.15, 0.2) is 11.5 Å². The highest BCUT2D eigenvalue weighted by Crippen LogP contribution is 2.57. The molecular formula is C26H23FN2O5S. The van der Waals surface area contributed by atoms with Crippen molar-refractivity contribution in [2.24, 2.45) is 0 Å². The molecule has 3 aromatic rings. The summed E-state index contributed by atoms with van der Waals surface area (Å²) in [6.07, 6.45) is 0. The first-order valence-corrected chi connectivity index (χ1v) is 11.9. The molecule has 7 nitrogen and oxygen atoms in total. The summed E-state index contributed by atoms with van der Waals surface area (Å²) in [5, 5.41) is 0.